The Morgan fingerprint density at radius 2 is 2.00 bits per heavy atom. The standard InChI is InChI=1S/C20H26O2/c1-6-13-12(2)16(21)11-15-14(13)7-8-17-19(3,4)18(22)9-10-20(15,17)5/h7-8,11,17,21H,6,9-10H2,1-5H3/t17-,20+/m1/s1. The molecule has 0 bridgehead atoms. The second-order valence-corrected chi connectivity index (χ2v) is 7.71. The second kappa shape index (κ2) is 4.71. The Kier molecular flexibility index (Phi) is 3.28. The number of carbonyl (C=O) groups is 1. The Balaban J connectivity index is 2.26. The van der Waals surface area contributed by atoms with E-state index in [0.717, 1.165) is 18.4 Å². The van der Waals surface area contributed by atoms with Gasteiger partial charge in [0.2, 0.25) is 0 Å². The SMILES string of the molecule is CCc1c(C)c(O)cc2c1C=C[C@@H]1C(C)(C)C(=O)CC[C@@]21C. The molecular weight excluding hydrogens is 272 g/mol. The lowest BCUT2D eigenvalue weighted by molar-refractivity contribution is -0.134. The fraction of sp³-hybridized carbons (Fsp3) is 0.550. The van der Waals surface area contributed by atoms with Gasteiger partial charge in [0.1, 0.15) is 11.5 Å². The summed E-state index contributed by atoms with van der Waals surface area (Å²) in [5.74, 6) is 0.941. The number of Topliss-reactive ketones (excluding diaryl/α,β-unsaturated/α-hetero) is 1. The van der Waals surface area contributed by atoms with Crippen LogP contribution >= 0.6 is 0 Å². The van der Waals surface area contributed by atoms with Gasteiger partial charge >= 0.3 is 0 Å². The molecule has 2 heteroatoms. The van der Waals surface area contributed by atoms with Crippen LogP contribution < -0.4 is 0 Å². The Morgan fingerprint density at radius 3 is 2.64 bits per heavy atom. The van der Waals surface area contributed by atoms with Crippen molar-refractivity contribution in [1.82, 2.24) is 0 Å². The van der Waals surface area contributed by atoms with Crippen molar-refractivity contribution in [3.8, 4) is 5.75 Å². The maximum atomic E-state index is 12.4. The van der Waals surface area contributed by atoms with E-state index in [2.05, 4.69) is 39.8 Å². The zero-order chi connectivity index (χ0) is 16.3. The van der Waals surface area contributed by atoms with Crippen LogP contribution in [-0.2, 0) is 16.6 Å². The van der Waals surface area contributed by atoms with E-state index in [-0.39, 0.29) is 16.7 Å². The van der Waals surface area contributed by atoms with Crippen LogP contribution in [0.25, 0.3) is 6.08 Å². The van der Waals surface area contributed by atoms with Gasteiger partial charge in [0.25, 0.3) is 0 Å². The lowest BCUT2D eigenvalue weighted by Crippen LogP contribution is -2.50. The smallest absolute Gasteiger partial charge is 0.139 e. The predicted molar refractivity (Wildman–Crippen MR) is 90.1 cm³/mol. The molecule has 1 saturated carbocycles. The van der Waals surface area contributed by atoms with Gasteiger partial charge in [-0.1, -0.05) is 39.8 Å². The number of hydrogen-bond acceptors (Lipinski definition) is 2. The van der Waals surface area contributed by atoms with E-state index < -0.39 is 0 Å². The third-order valence-electron chi connectivity index (χ3n) is 6.21. The van der Waals surface area contributed by atoms with E-state index in [4.69, 9.17) is 0 Å². The summed E-state index contributed by atoms with van der Waals surface area (Å²) in [6.45, 7) is 10.5. The number of ketones is 1. The molecule has 1 fully saturated rings. The number of hydrogen-bond donors (Lipinski definition) is 1. The number of fused-ring (bicyclic) bond motifs is 3. The molecule has 118 valence electrons. The largest absolute Gasteiger partial charge is 0.508 e. The monoisotopic (exact) mass is 298 g/mol. The summed E-state index contributed by atoms with van der Waals surface area (Å²) in [5, 5.41) is 10.4. The fourth-order valence-corrected chi connectivity index (χ4v) is 4.73. The quantitative estimate of drug-likeness (QED) is 0.825. The minimum atomic E-state index is -0.339. The number of carbonyl (C=O) groups excluding carboxylic acids is 1. The van der Waals surface area contributed by atoms with Gasteiger partial charge in [-0.3, -0.25) is 4.79 Å². The van der Waals surface area contributed by atoms with Crippen LogP contribution in [0.4, 0.5) is 0 Å². The molecular formula is C20H26O2. The summed E-state index contributed by atoms with van der Waals surface area (Å²) >= 11 is 0. The first-order chi connectivity index (χ1) is 10.2. The number of phenolic OH excluding ortho intramolecular Hbond substituents is 1. The molecule has 1 aromatic carbocycles. The lowest BCUT2D eigenvalue weighted by atomic mass is 9.51. The van der Waals surface area contributed by atoms with E-state index in [1.165, 1.54) is 16.7 Å². The summed E-state index contributed by atoms with van der Waals surface area (Å²) in [7, 11) is 0. The van der Waals surface area contributed by atoms with Gasteiger partial charge in [0.15, 0.2) is 0 Å². The van der Waals surface area contributed by atoms with Gasteiger partial charge in [0.05, 0.1) is 0 Å². The van der Waals surface area contributed by atoms with Crippen LogP contribution in [-0.4, -0.2) is 10.9 Å². The van der Waals surface area contributed by atoms with Crippen LogP contribution in [0.1, 0.15) is 62.8 Å². The molecule has 0 aliphatic heterocycles. The molecule has 2 nitrogen and oxygen atoms in total. The van der Waals surface area contributed by atoms with Crippen molar-refractivity contribution in [1.29, 1.82) is 0 Å². The molecule has 1 N–H and O–H groups in total. The molecule has 3 rings (SSSR count). The molecule has 0 radical (unpaired) electrons. The van der Waals surface area contributed by atoms with Crippen molar-refractivity contribution in [2.45, 2.75) is 59.3 Å². The molecule has 0 heterocycles. The first kappa shape index (κ1) is 15.3. The predicted octanol–water partition coefficient (Wildman–Crippen LogP) is 4.55. The van der Waals surface area contributed by atoms with Gasteiger partial charge in [-0.05, 0) is 54.0 Å². The van der Waals surface area contributed by atoms with E-state index in [1.54, 1.807) is 0 Å². The average molecular weight is 298 g/mol. The zero-order valence-electron chi connectivity index (χ0n) is 14.3. The van der Waals surface area contributed by atoms with E-state index in [1.807, 2.05) is 13.0 Å². The maximum Gasteiger partial charge on any atom is 0.139 e. The van der Waals surface area contributed by atoms with Crippen molar-refractivity contribution >= 4 is 11.9 Å². The Morgan fingerprint density at radius 1 is 1.32 bits per heavy atom. The van der Waals surface area contributed by atoms with Gasteiger partial charge in [-0.25, -0.2) is 0 Å². The van der Waals surface area contributed by atoms with Crippen LogP contribution in [0.5, 0.6) is 5.75 Å². The lowest BCUT2D eigenvalue weighted by Gasteiger charge is -2.51. The number of aromatic hydroxyl groups is 1. The third-order valence-corrected chi connectivity index (χ3v) is 6.21. The molecule has 2 aliphatic rings. The van der Waals surface area contributed by atoms with Crippen molar-refractivity contribution < 1.29 is 9.90 Å². The topological polar surface area (TPSA) is 37.3 Å². The molecule has 0 saturated heterocycles. The van der Waals surface area contributed by atoms with Crippen molar-refractivity contribution in [2.75, 3.05) is 0 Å². The Labute approximate surface area is 133 Å². The molecule has 2 atom stereocenters. The van der Waals surface area contributed by atoms with Crippen LogP contribution in [0, 0.1) is 18.3 Å². The van der Waals surface area contributed by atoms with Crippen molar-refractivity contribution in [3.63, 3.8) is 0 Å². The molecule has 22 heavy (non-hydrogen) atoms. The highest BCUT2D eigenvalue weighted by Crippen LogP contribution is 2.55. The van der Waals surface area contributed by atoms with E-state index in [0.29, 0.717) is 18.0 Å². The van der Waals surface area contributed by atoms with Crippen LogP contribution in [0.3, 0.4) is 0 Å². The summed E-state index contributed by atoms with van der Waals surface area (Å²) < 4.78 is 0. The zero-order valence-corrected chi connectivity index (χ0v) is 14.3. The van der Waals surface area contributed by atoms with Crippen LogP contribution in [0.2, 0.25) is 0 Å². The van der Waals surface area contributed by atoms with Crippen LogP contribution in [0.15, 0.2) is 12.1 Å². The number of phenols is 1. The average Bonchev–Trinajstić information content (AvgIpc) is 2.46. The number of allylic oxidation sites excluding steroid dienone is 1. The maximum absolute atomic E-state index is 12.4. The molecule has 0 unspecified atom stereocenters. The van der Waals surface area contributed by atoms with Gasteiger partial charge in [0, 0.05) is 17.3 Å². The van der Waals surface area contributed by atoms with Crippen molar-refractivity contribution in [3.05, 3.63) is 34.4 Å². The molecule has 1 aromatic rings. The second-order valence-electron chi connectivity index (χ2n) is 7.71. The Hall–Kier alpha value is -1.57. The van der Waals surface area contributed by atoms with E-state index in [9.17, 15) is 9.90 Å². The van der Waals surface area contributed by atoms with Gasteiger partial charge < -0.3 is 5.11 Å². The molecule has 0 aromatic heterocycles. The Bertz CT molecular complexity index is 681. The minimum absolute atomic E-state index is 0.0728. The molecule has 0 spiro atoms. The van der Waals surface area contributed by atoms with Gasteiger partial charge in [-0.2, -0.15) is 0 Å². The minimum Gasteiger partial charge on any atom is -0.508 e. The van der Waals surface area contributed by atoms with E-state index >= 15 is 0 Å². The molecule has 2 aliphatic carbocycles. The highest BCUT2D eigenvalue weighted by Gasteiger charge is 2.52. The fourth-order valence-electron chi connectivity index (χ4n) is 4.73. The third kappa shape index (κ3) is 1.82. The molecule has 0 amide bonds. The first-order valence-electron chi connectivity index (χ1n) is 8.31. The summed E-state index contributed by atoms with van der Waals surface area (Å²) in [6.07, 6.45) is 6.84. The first-order valence-corrected chi connectivity index (χ1v) is 8.31. The normalized spacial score (nSPS) is 29.1. The highest BCUT2D eigenvalue weighted by atomic mass is 16.3. The number of benzene rings is 1. The van der Waals surface area contributed by atoms with Gasteiger partial charge in [-0.15, -0.1) is 0 Å². The summed E-state index contributed by atoms with van der Waals surface area (Å²) in [4.78, 5) is 12.4. The number of rotatable bonds is 1. The van der Waals surface area contributed by atoms with Crippen molar-refractivity contribution in [2.24, 2.45) is 11.3 Å². The summed E-state index contributed by atoms with van der Waals surface area (Å²) in [6, 6.07) is 1.95. The highest BCUT2D eigenvalue weighted by molar-refractivity contribution is 5.87. The summed E-state index contributed by atoms with van der Waals surface area (Å²) in [5.41, 5.74) is 4.30.